The summed E-state index contributed by atoms with van der Waals surface area (Å²) in [7, 11) is 0. The molecule has 1 aliphatic heterocycles. The van der Waals surface area contributed by atoms with Crippen LogP contribution in [0.4, 0.5) is 15.8 Å². The summed E-state index contributed by atoms with van der Waals surface area (Å²) in [5, 5.41) is 14.3. The lowest BCUT2D eigenvalue weighted by Crippen LogP contribution is -2.27. The number of amides is 3. The van der Waals surface area contributed by atoms with E-state index >= 15 is 0 Å². The molecule has 0 aliphatic carbocycles. The molecule has 2 heterocycles. The number of nitrogens with zero attached hydrogens (tertiary/aromatic N) is 4. The number of nitrogens with one attached hydrogen (secondary N) is 2. The zero-order valence-electron chi connectivity index (χ0n) is 19.9. The first-order valence-corrected chi connectivity index (χ1v) is 12.7. The second kappa shape index (κ2) is 11.8. The van der Waals surface area contributed by atoms with E-state index < -0.39 is 0 Å². The van der Waals surface area contributed by atoms with Crippen LogP contribution < -0.4 is 10.6 Å². The number of benzene rings is 2. The largest absolute Gasteiger partial charge is 0.339 e. The highest BCUT2D eigenvalue weighted by atomic mass is 32.2. The van der Waals surface area contributed by atoms with Crippen molar-refractivity contribution in [1.29, 1.82) is 0 Å². The van der Waals surface area contributed by atoms with Gasteiger partial charge in [0.05, 0.1) is 12.2 Å². The van der Waals surface area contributed by atoms with Crippen LogP contribution in [0.25, 0.3) is 0 Å². The molecule has 188 valence electrons. The van der Waals surface area contributed by atoms with Gasteiger partial charge in [-0.1, -0.05) is 17.8 Å². The first-order chi connectivity index (χ1) is 17.4. The number of rotatable bonds is 9. The Morgan fingerprint density at radius 2 is 1.69 bits per heavy atom. The molecule has 0 saturated carbocycles. The first kappa shape index (κ1) is 25.4. The fraction of sp³-hybridized carbons (Fsp3) is 0.320. The number of carbonyl (C=O) groups is 3. The second-order valence-corrected chi connectivity index (χ2v) is 9.23. The molecule has 3 aromatic rings. The third-order valence-electron chi connectivity index (χ3n) is 5.68. The van der Waals surface area contributed by atoms with E-state index in [-0.39, 0.29) is 35.7 Å². The number of thioether (sulfide) groups is 1. The average Bonchev–Trinajstić information content (AvgIpc) is 3.54. The van der Waals surface area contributed by atoms with Crippen LogP contribution in [0.3, 0.4) is 0 Å². The fourth-order valence-electron chi connectivity index (χ4n) is 3.92. The van der Waals surface area contributed by atoms with Crippen LogP contribution in [0.2, 0.25) is 0 Å². The Labute approximate surface area is 212 Å². The van der Waals surface area contributed by atoms with Gasteiger partial charge in [-0.3, -0.25) is 14.4 Å². The highest BCUT2D eigenvalue weighted by molar-refractivity contribution is 7.99. The van der Waals surface area contributed by atoms with E-state index in [1.807, 2.05) is 11.8 Å². The monoisotopic (exact) mass is 510 g/mol. The lowest BCUT2D eigenvalue weighted by Gasteiger charge is -2.15. The van der Waals surface area contributed by atoms with Gasteiger partial charge in [0.2, 0.25) is 11.8 Å². The number of hydrogen-bond donors (Lipinski definition) is 2. The van der Waals surface area contributed by atoms with Crippen molar-refractivity contribution in [1.82, 2.24) is 19.7 Å². The molecule has 0 unspecified atom stereocenters. The maximum absolute atomic E-state index is 13.1. The molecule has 1 aromatic heterocycles. The lowest BCUT2D eigenvalue weighted by molar-refractivity contribution is -0.116. The minimum atomic E-state index is -0.382. The average molecular weight is 511 g/mol. The van der Waals surface area contributed by atoms with Gasteiger partial charge in [0.1, 0.15) is 11.6 Å². The minimum absolute atomic E-state index is 0.0111. The normalized spacial score (nSPS) is 13.0. The molecule has 0 atom stereocenters. The van der Waals surface area contributed by atoms with Crippen LogP contribution in [0.1, 0.15) is 35.9 Å². The third kappa shape index (κ3) is 6.48. The van der Waals surface area contributed by atoms with Crippen molar-refractivity contribution in [2.45, 2.75) is 37.9 Å². The molecule has 1 fully saturated rings. The van der Waals surface area contributed by atoms with Crippen LogP contribution >= 0.6 is 11.8 Å². The van der Waals surface area contributed by atoms with Crippen LogP contribution in [-0.4, -0.2) is 56.2 Å². The maximum Gasteiger partial charge on any atom is 0.253 e. The van der Waals surface area contributed by atoms with E-state index in [0.717, 1.165) is 25.9 Å². The lowest BCUT2D eigenvalue weighted by atomic mass is 10.1. The van der Waals surface area contributed by atoms with Crippen molar-refractivity contribution in [2.75, 3.05) is 29.5 Å². The number of anilines is 2. The molecule has 3 amide bonds. The second-order valence-electron chi connectivity index (χ2n) is 8.29. The number of hydrogen-bond acceptors (Lipinski definition) is 6. The predicted molar refractivity (Wildman–Crippen MR) is 135 cm³/mol. The smallest absolute Gasteiger partial charge is 0.253 e. The van der Waals surface area contributed by atoms with Gasteiger partial charge < -0.3 is 20.1 Å². The van der Waals surface area contributed by atoms with Crippen molar-refractivity contribution in [2.24, 2.45) is 0 Å². The SMILES string of the molecule is CCn1c(CC(=O)Nc2ccc(F)cc2)nnc1SCC(=O)Nc1cccc(C(=O)N2CCCC2)c1. The molecular weight excluding hydrogens is 483 g/mol. The van der Waals surface area contributed by atoms with Gasteiger partial charge in [-0.2, -0.15) is 0 Å². The standard InChI is InChI=1S/C25H27FN6O3S/c1-2-32-21(15-22(33)27-19-10-8-18(26)9-11-19)29-30-25(32)36-16-23(34)28-20-7-5-6-17(14-20)24(35)31-12-3-4-13-31/h5-11,14H,2-4,12-13,15-16H2,1H3,(H,27,33)(H,28,34). The molecule has 0 bridgehead atoms. The van der Waals surface area contributed by atoms with E-state index in [1.54, 1.807) is 28.8 Å². The molecular formula is C25H27FN6O3S. The Morgan fingerprint density at radius 1 is 0.972 bits per heavy atom. The van der Waals surface area contributed by atoms with E-state index in [9.17, 15) is 18.8 Å². The topological polar surface area (TPSA) is 109 Å². The summed E-state index contributed by atoms with van der Waals surface area (Å²) in [6, 6.07) is 12.4. The summed E-state index contributed by atoms with van der Waals surface area (Å²) < 4.78 is 14.8. The summed E-state index contributed by atoms with van der Waals surface area (Å²) in [4.78, 5) is 39.4. The van der Waals surface area contributed by atoms with Crippen LogP contribution in [0.5, 0.6) is 0 Å². The number of halogens is 1. The minimum Gasteiger partial charge on any atom is -0.339 e. The third-order valence-corrected chi connectivity index (χ3v) is 6.64. The van der Waals surface area contributed by atoms with Crippen molar-refractivity contribution >= 4 is 40.9 Å². The molecule has 11 heteroatoms. The van der Waals surface area contributed by atoms with Gasteiger partial charge in [-0.25, -0.2) is 4.39 Å². The highest BCUT2D eigenvalue weighted by Crippen LogP contribution is 2.20. The quantitative estimate of drug-likeness (QED) is 0.426. The number of aromatic nitrogens is 3. The van der Waals surface area contributed by atoms with Crippen molar-refractivity contribution in [3.05, 3.63) is 65.7 Å². The maximum atomic E-state index is 13.1. The summed E-state index contributed by atoms with van der Waals surface area (Å²) in [6.07, 6.45) is 2.02. The van der Waals surface area contributed by atoms with E-state index in [2.05, 4.69) is 20.8 Å². The Balaban J connectivity index is 1.31. The summed E-state index contributed by atoms with van der Waals surface area (Å²) in [5.74, 6) is -0.399. The summed E-state index contributed by atoms with van der Waals surface area (Å²) in [5.41, 5.74) is 1.60. The van der Waals surface area contributed by atoms with Crippen LogP contribution in [0.15, 0.2) is 53.7 Å². The molecule has 0 radical (unpaired) electrons. The predicted octanol–water partition coefficient (Wildman–Crippen LogP) is 3.59. The van der Waals surface area contributed by atoms with E-state index in [1.165, 1.54) is 36.0 Å². The van der Waals surface area contributed by atoms with E-state index in [0.29, 0.717) is 34.5 Å². The van der Waals surface area contributed by atoms with Gasteiger partial charge in [-0.05, 0) is 62.2 Å². The Bertz CT molecular complexity index is 1240. The molecule has 4 rings (SSSR count). The zero-order chi connectivity index (χ0) is 25.5. The fourth-order valence-corrected chi connectivity index (χ4v) is 4.74. The Hall–Kier alpha value is -3.73. The summed E-state index contributed by atoms with van der Waals surface area (Å²) >= 11 is 1.21. The summed E-state index contributed by atoms with van der Waals surface area (Å²) in [6.45, 7) is 3.95. The molecule has 1 aliphatic rings. The van der Waals surface area contributed by atoms with Gasteiger partial charge in [-0.15, -0.1) is 10.2 Å². The molecule has 1 saturated heterocycles. The van der Waals surface area contributed by atoms with Crippen molar-refractivity contribution < 1.29 is 18.8 Å². The van der Waals surface area contributed by atoms with Crippen LogP contribution in [0, 0.1) is 5.82 Å². The highest BCUT2D eigenvalue weighted by Gasteiger charge is 2.20. The van der Waals surface area contributed by atoms with Crippen molar-refractivity contribution in [3.8, 4) is 0 Å². The Morgan fingerprint density at radius 3 is 2.42 bits per heavy atom. The Kier molecular flexibility index (Phi) is 8.32. The molecule has 2 N–H and O–H groups in total. The molecule has 36 heavy (non-hydrogen) atoms. The zero-order valence-corrected chi connectivity index (χ0v) is 20.7. The van der Waals surface area contributed by atoms with Crippen molar-refractivity contribution in [3.63, 3.8) is 0 Å². The van der Waals surface area contributed by atoms with Gasteiger partial charge in [0.15, 0.2) is 5.16 Å². The van der Waals surface area contributed by atoms with Gasteiger partial charge in [0, 0.05) is 36.6 Å². The van der Waals surface area contributed by atoms with Crippen LogP contribution in [-0.2, 0) is 22.6 Å². The van der Waals surface area contributed by atoms with Gasteiger partial charge in [0.25, 0.3) is 5.91 Å². The molecule has 0 spiro atoms. The number of likely N-dealkylation sites (tertiary alicyclic amines) is 1. The molecule has 9 nitrogen and oxygen atoms in total. The van der Waals surface area contributed by atoms with Gasteiger partial charge >= 0.3 is 0 Å². The van der Waals surface area contributed by atoms with E-state index in [4.69, 9.17) is 0 Å². The molecule has 2 aromatic carbocycles. The first-order valence-electron chi connectivity index (χ1n) is 11.7. The number of carbonyl (C=O) groups excluding carboxylic acids is 3.